The van der Waals surface area contributed by atoms with Crippen molar-refractivity contribution in [2.45, 2.75) is 24.3 Å². The zero-order valence-electron chi connectivity index (χ0n) is 15.0. The molecule has 0 aliphatic heterocycles. The molecule has 0 spiro atoms. The minimum Gasteiger partial charge on any atom is -0.293 e. The van der Waals surface area contributed by atoms with Gasteiger partial charge in [-0.15, -0.1) is 11.3 Å². The zero-order chi connectivity index (χ0) is 19.8. The topological polar surface area (TPSA) is 80.7 Å². The standard InChI is InChI=1S/C19H14ClN5OS3/c20-11-6-4-10(5-7-11)16-24-19(25-29-16)23-14(26)8-27-17-15-12-2-1-3-13(12)28-18(15)22-9-21-17/h4-7,9H,1-3,8H2,(H,23,25,26). The van der Waals surface area contributed by atoms with E-state index in [9.17, 15) is 4.79 Å². The first-order chi connectivity index (χ1) is 14.2. The van der Waals surface area contributed by atoms with Crippen LogP contribution in [0.25, 0.3) is 20.8 Å². The smallest absolute Gasteiger partial charge is 0.241 e. The number of amides is 1. The fraction of sp³-hybridized carbons (Fsp3) is 0.211. The quantitative estimate of drug-likeness (QED) is 0.331. The van der Waals surface area contributed by atoms with Gasteiger partial charge >= 0.3 is 0 Å². The number of carbonyl (C=O) groups excluding carboxylic acids is 1. The molecule has 3 heterocycles. The number of halogens is 1. The van der Waals surface area contributed by atoms with Crippen LogP contribution in [0.1, 0.15) is 16.9 Å². The number of thioether (sulfide) groups is 1. The summed E-state index contributed by atoms with van der Waals surface area (Å²) in [6.07, 6.45) is 4.95. The molecule has 1 aliphatic rings. The average molecular weight is 460 g/mol. The van der Waals surface area contributed by atoms with Crippen molar-refractivity contribution in [1.29, 1.82) is 0 Å². The van der Waals surface area contributed by atoms with E-state index >= 15 is 0 Å². The Bertz CT molecular complexity index is 1200. The lowest BCUT2D eigenvalue weighted by Gasteiger charge is -2.04. The van der Waals surface area contributed by atoms with Gasteiger partial charge in [-0.1, -0.05) is 35.5 Å². The van der Waals surface area contributed by atoms with Crippen molar-refractivity contribution < 1.29 is 4.79 Å². The highest BCUT2D eigenvalue weighted by molar-refractivity contribution is 8.00. The monoisotopic (exact) mass is 459 g/mol. The maximum atomic E-state index is 12.4. The minimum absolute atomic E-state index is 0.158. The Morgan fingerprint density at radius 1 is 1.21 bits per heavy atom. The van der Waals surface area contributed by atoms with E-state index in [2.05, 4.69) is 24.6 Å². The van der Waals surface area contributed by atoms with Crippen LogP contribution in [0.15, 0.2) is 35.6 Å². The van der Waals surface area contributed by atoms with Crippen molar-refractivity contribution >= 4 is 68.3 Å². The summed E-state index contributed by atoms with van der Waals surface area (Å²) < 4.78 is 4.23. The summed E-state index contributed by atoms with van der Waals surface area (Å²) >= 11 is 10.3. The van der Waals surface area contributed by atoms with Gasteiger partial charge in [0.05, 0.1) is 5.75 Å². The van der Waals surface area contributed by atoms with E-state index in [1.807, 2.05) is 12.1 Å². The van der Waals surface area contributed by atoms with Crippen LogP contribution in [0.3, 0.4) is 0 Å². The predicted octanol–water partition coefficient (Wildman–Crippen LogP) is 5.08. The average Bonchev–Trinajstić information content (AvgIpc) is 3.43. The number of rotatable bonds is 5. The Labute approximate surface area is 183 Å². The third-order valence-corrected chi connectivity index (χ3v) is 7.78. The van der Waals surface area contributed by atoms with E-state index < -0.39 is 0 Å². The number of nitrogens with one attached hydrogen (secondary N) is 1. The number of hydrogen-bond donors (Lipinski definition) is 1. The number of benzene rings is 1. The number of aromatic nitrogens is 4. The van der Waals surface area contributed by atoms with Crippen molar-refractivity contribution in [2.24, 2.45) is 0 Å². The second-order valence-electron chi connectivity index (χ2n) is 6.48. The lowest BCUT2D eigenvalue weighted by molar-refractivity contribution is -0.113. The van der Waals surface area contributed by atoms with Crippen LogP contribution < -0.4 is 5.32 Å². The molecule has 0 saturated carbocycles. The molecule has 0 radical (unpaired) electrons. The molecule has 1 amide bonds. The van der Waals surface area contributed by atoms with Gasteiger partial charge in [-0.3, -0.25) is 10.1 Å². The summed E-state index contributed by atoms with van der Waals surface area (Å²) in [4.78, 5) is 28.1. The number of fused-ring (bicyclic) bond motifs is 3. The second-order valence-corrected chi connectivity index (χ2v) is 9.72. The van der Waals surface area contributed by atoms with Crippen LogP contribution in [0.2, 0.25) is 5.02 Å². The van der Waals surface area contributed by atoms with Crippen molar-refractivity contribution in [1.82, 2.24) is 19.3 Å². The highest BCUT2D eigenvalue weighted by atomic mass is 35.5. The van der Waals surface area contributed by atoms with Gasteiger partial charge in [-0.05, 0) is 48.5 Å². The molecule has 29 heavy (non-hydrogen) atoms. The molecule has 10 heteroatoms. The summed E-state index contributed by atoms with van der Waals surface area (Å²) in [6, 6.07) is 7.36. The van der Waals surface area contributed by atoms with Gasteiger partial charge in [0, 0.05) is 20.8 Å². The summed E-state index contributed by atoms with van der Waals surface area (Å²) in [5, 5.41) is 6.16. The number of aryl methyl sites for hydroxylation is 2. The van der Waals surface area contributed by atoms with Crippen LogP contribution >= 0.6 is 46.2 Å². The van der Waals surface area contributed by atoms with Crippen LogP contribution in [-0.4, -0.2) is 31.0 Å². The van der Waals surface area contributed by atoms with Gasteiger partial charge in [0.1, 0.15) is 21.2 Å². The third-order valence-electron chi connectivity index (χ3n) is 4.57. The first-order valence-electron chi connectivity index (χ1n) is 8.95. The van der Waals surface area contributed by atoms with Crippen molar-refractivity contribution in [3.8, 4) is 10.6 Å². The maximum absolute atomic E-state index is 12.4. The lowest BCUT2D eigenvalue weighted by Crippen LogP contribution is -2.15. The van der Waals surface area contributed by atoms with E-state index in [0.717, 1.165) is 38.7 Å². The lowest BCUT2D eigenvalue weighted by atomic mass is 10.2. The van der Waals surface area contributed by atoms with Gasteiger partial charge in [-0.2, -0.15) is 9.36 Å². The van der Waals surface area contributed by atoms with Crippen molar-refractivity contribution in [3.05, 3.63) is 46.1 Å². The Hall–Kier alpha value is -2.07. The summed E-state index contributed by atoms with van der Waals surface area (Å²) in [5.74, 6) is 0.399. The molecule has 1 aromatic carbocycles. The summed E-state index contributed by atoms with van der Waals surface area (Å²) in [7, 11) is 0. The molecular formula is C19H14ClN5OS3. The summed E-state index contributed by atoms with van der Waals surface area (Å²) in [5.41, 5.74) is 2.28. The van der Waals surface area contributed by atoms with Crippen LogP contribution in [-0.2, 0) is 17.6 Å². The zero-order valence-corrected chi connectivity index (χ0v) is 18.2. The van der Waals surface area contributed by atoms with E-state index in [1.54, 1.807) is 29.8 Å². The van der Waals surface area contributed by atoms with Crippen molar-refractivity contribution in [2.75, 3.05) is 11.1 Å². The molecule has 1 aliphatic carbocycles. The highest BCUT2D eigenvalue weighted by Gasteiger charge is 2.21. The van der Waals surface area contributed by atoms with E-state index in [0.29, 0.717) is 11.0 Å². The number of anilines is 1. The number of nitrogens with zero attached hydrogens (tertiary/aromatic N) is 4. The van der Waals surface area contributed by atoms with Gasteiger partial charge in [0.2, 0.25) is 11.9 Å². The molecule has 146 valence electrons. The van der Waals surface area contributed by atoms with E-state index in [1.165, 1.54) is 40.2 Å². The second kappa shape index (κ2) is 7.98. The molecule has 0 fully saturated rings. The molecule has 1 N–H and O–H groups in total. The molecule has 0 bridgehead atoms. The van der Waals surface area contributed by atoms with Crippen LogP contribution in [0, 0.1) is 0 Å². The largest absolute Gasteiger partial charge is 0.293 e. The molecule has 0 unspecified atom stereocenters. The predicted molar refractivity (Wildman–Crippen MR) is 119 cm³/mol. The summed E-state index contributed by atoms with van der Waals surface area (Å²) in [6.45, 7) is 0. The molecule has 0 atom stereocenters. The third kappa shape index (κ3) is 3.87. The fourth-order valence-corrected chi connectivity index (χ4v) is 6.16. The molecule has 3 aromatic heterocycles. The van der Waals surface area contributed by atoms with Crippen LogP contribution in [0.5, 0.6) is 0 Å². The highest BCUT2D eigenvalue weighted by Crippen LogP contribution is 2.40. The fourth-order valence-electron chi connectivity index (χ4n) is 3.29. The number of hydrogen-bond acceptors (Lipinski definition) is 8. The van der Waals surface area contributed by atoms with E-state index in [-0.39, 0.29) is 11.7 Å². The van der Waals surface area contributed by atoms with Crippen LogP contribution in [0.4, 0.5) is 5.95 Å². The van der Waals surface area contributed by atoms with Gasteiger partial charge < -0.3 is 0 Å². The first-order valence-corrected chi connectivity index (χ1v) is 11.9. The Balaban J connectivity index is 1.26. The first kappa shape index (κ1) is 18.9. The Morgan fingerprint density at radius 3 is 2.93 bits per heavy atom. The number of thiophene rings is 1. The molecule has 4 aromatic rings. The van der Waals surface area contributed by atoms with Crippen molar-refractivity contribution in [3.63, 3.8) is 0 Å². The van der Waals surface area contributed by atoms with Gasteiger partial charge in [0.25, 0.3) is 0 Å². The molecule has 6 nitrogen and oxygen atoms in total. The Kier molecular flexibility index (Phi) is 5.21. The number of carbonyl (C=O) groups is 1. The van der Waals surface area contributed by atoms with Gasteiger partial charge in [-0.25, -0.2) is 9.97 Å². The Morgan fingerprint density at radius 2 is 2.07 bits per heavy atom. The molecule has 5 rings (SSSR count). The van der Waals surface area contributed by atoms with Gasteiger partial charge in [0.15, 0.2) is 0 Å². The molecule has 0 saturated heterocycles. The maximum Gasteiger partial charge on any atom is 0.241 e. The normalized spacial score (nSPS) is 13.0. The van der Waals surface area contributed by atoms with E-state index in [4.69, 9.17) is 11.6 Å². The SMILES string of the molecule is O=C(CSc1ncnc2sc3c(c12)CCC3)Nc1nsc(-c2ccc(Cl)cc2)n1. The molecular weight excluding hydrogens is 446 g/mol. The minimum atomic E-state index is -0.158.